The van der Waals surface area contributed by atoms with Crippen molar-refractivity contribution in [1.29, 1.82) is 5.26 Å². The van der Waals surface area contributed by atoms with Crippen LogP contribution in [-0.2, 0) is 0 Å². The molecule has 0 saturated carbocycles. The maximum absolute atomic E-state index is 8.16. The maximum Gasteiger partial charge on any atom is 0.152 e. The van der Waals surface area contributed by atoms with E-state index in [9.17, 15) is 0 Å². The minimum absolute atomic E-state index is 0.213. The van der Waals surface area contributed by atoms with Crippen LogP contribution in [0.25, 0.3) is 0 Å². The Morgan fingerprint density at radius 3 is 2.67 bits per heavy atom. The molecule has 0 amide bonds. The maximum atomic E-state index is 8.16. The Morgan fingerprint density at radius 1 is 1.33 bits per heavy atom. The number of hydrogen-bond acceptors (Lipinski definition) is 2. The average Bonchev–Trinajstić information content (AvgIpc) is 2.03. The van der Waals surface area contributed by atoms with Gasteiger partial charge in [-0.15, -0.1) is 0 Å². The predicted octanol–water partition coefficient (Wildman–Crippen LogP) is 2.26. The van der Waals surface area contributed by atoms with Gasteiger partial charge in [0.15, 0.2) is 6.07 Å². The minimum atomic E-state index is 0.213. The summed E-state index contributed by atoms with van der Waals surface area (Å²) in [4.78, 5) is 3.75. The molecule has 0 aliphatic carbocycles. The largest absolute Gasteiger partial charge is 0.223 e. The molecule has 0 aliphatic rings. The van der Waals surface area contributed by atoms with Crippen LogP contribution >= 0.6 is 23.2 Å². The van der Waals surface area contributed by atoms with Crippen LogP contribution < -0.4 is 0 Å². The van der Waals surface area contributed by atoms with Crippen LogP contribution in [0.2, 0.25) is 10.3 Å². The van der Waals surface area contributed by atoms with Gasteiger partial charge in [0.25, 0.3) is 0 Å². The van der Waals surface area contributed by atoms with Gasteiger partial charge < -0.3 is 0 Å². The van der Waals surface area contributed by atoms with E-state index in [1.54, 1.807) is 18.2 Å². The summed E-state index contributed by atoms with van der Waals surface area (Å²) in [5.74, 6) is 4.74. The zero-order valence-electron chi connectivity index (χ0n) is 5.81. The molecule has 0 aliphatic heterocycles. The first-order valence-corrected chi connectivity index (χ1v) is 3.72. The third-order valence-electron chi connectivity index (χ3n) is 1.07. The fourth-order valence-electron chi connectivity index (χ4n) is 0.601. The second-order valence-electron chi connectivity index (χ2n) is 1.83. The summed E-state index contributed by atoms with van der Waals surface area (Å²) in [6.07, 6.45) is 0. The molecule has 1 heterocycles. The lowest BCUT2D eigenvalue weighted by Gasteiger charge is -1.93. The van der Waals surface area contributed by atoms with E-state index < -0.39 is 0 Å². The normalized spacial score (nSPS) is 8.08. The number of pyridine rings is 1. The van der Waals surface area contributed by atoms with Gasteiger partial charge in [0.2, 0.25) is 0 Å². The van der Waals surface area contributed by atoms with Crippen molar-refractivity contribution in [2.75, 3.05) is 0 Å². The average molecular weight is 197 g/mol. The molecule has 0 unspecified atom stereocenters. The van der Waals surface area contributed by atoms with Gasteiger partial charge in [-0.3, -0.25) is 0 Å². The van der Waals surface area contributed by atoms with Gasteiger partial charge in [-0.2, -0.15) is 5.26 Å². The summed E-state index contributed by atoms with van der Waals surface area (Å²) >= 11 is 11.2. The van der Waals surface area contributed by atoms with Gasteiger partial charge in [-0.05, 0) is 18.1 Å². The second kappa shape index (κ2) is 3.97. The second-order valence-corrected chi connectivity index (χ2v) is 2.58. The van der Waals surface area contributed by atoms with E-state index in [0.29, 0.717) is 10.7 Å². The molecule has 0 fully saturated rings. The van der Waals surface area contributed by atoms with Crippen LogP contribution in [0.4, 0.5) is 0 Å². The van der Waals surface area contributed by atoms with Crippen molar-refractivity contribution in [3.63, 3.8) is 0 Å². The third kappa shape index (κ3) is 2.13. The molecule has 0 atom stereocenters. The van der Waals surface area contributed by atoms with Gasteiger partial charge in [0.1, 0.15) is 10.3 Å². The van der Waals surface area contributed by atoms with Crippen LogP contribution in [0.3, 0.4) is 0 Å². The molecule has 0 aromatic carbocycles. The smallest absolute Gasteiger partial charge is 0.152 e. The lowest BCUT2D eigenvalue weighted by Crippen LogP contribution is -1.81. The molecule has 0 radical (unpaired) electrons. The summed E-state index contributed by atoms with van der Waals surface area (Å²) in [5, 5.41) is 8.68. The highest BCUT2D eigenvalue weighted by molar-refractivity contribution is 6.33. The topological polar surface area (TPSA) is 36.7 Å². The number of halogens is 2. The van der Waals surface area contributed by atoms with E-state index in [4.69, 9.17) is 28.5 Å². The molecule has 2 nitrogen and oxygen atoms in total. The van der Waals surface area contributed by atoms with Gasteiger partial charge in [-0.25, -0.2) is 4.98 Å². The molecule has 0 N–H and O–H groups in total. The Balaban J connectivity index is 3.12. The number of nitrogens with zero attached hydrogens (tertiary/aromatic N) is 2. The number of hydrogen-bond donors (Lipinski definition) is 0. The molecule has 0 saturated heterocycles. The van der Waals surface area contributed by atoms with E-state index >= 15 is 0 Å². The van der Waals surface area contributed by atoms with Crippen molar-refractivity contribution >= 4 is 23.2 Å². The van der Waals surface area contributed by atoms with E-state index in [-0.39, 0.29) is 5.15 Å². The molecule has 4 heteroatoms. The molecular formula is C8H2Cl2N2. The van der Waals surface area contributed by atoms with E-state index in [1.165, 1.54) is 0 Å². The highest BCUT2D eigenvalue weighted by atomic mass is 35.5. The van der Waals surface area contributed by atoms with Crippen LogP contribution in [0.15, 0.2) is 12.1 Å². The lowest BCUT2D eigenvalue weighted by molar-refractivity contribution is 1.31. The fraction of sp³-hybridized carbons (Fsp3) is 0. The van der Waals surface area contributed by atoms with Crippen molar-refractivity contribution in [2.45, 2.75) is 0 Å². The quantitative estimate of drug-likeness (QED) is 0.472. The molecule has 0 bridgehead atoms. The standard InChI is InChI=1S/C8H2Cl2N2/c9-7-4-3-6(2-1-5-11)8(10)12-7/h3-4H. The van der Waals surface area contributed by atoms with Crippen LogP contribution in [0.5, 0.6) is 0 Å². The molecule has 1 aromatic heterocycles. The first-order chi connectivity index (χ1) is 5.74. The van der Waals surface area contributed by atoms with Gasteiger partial charge >= 0.3 is 0 Å². The van der Waals surface area contributed by atoms with Gasteiger partial charge in [0.05, 0.1) is 5.56 Å². The van der Waals surface area contributed by atoms with Crippen molar-refractivity contribution in [3.8, 4) is 17.9 Å². The third-order valence-corrected chi connectivity index (χ3v) is 1.57. The summed E-state index contributed by atoms with van der Waals surface area (Å²) < 4.78 is 0. The monoisotopic (exact) mass is 196 g/mol. The Kier molecular flexibility index (Phi) is 2.94. The van der Waals surface area contributed by atoms with Crippen molar-refractivity contribution in [1.82, 2.24) is 4.98 Å². The first-order valence-electron chi connectivity index (χ1n) is 2.96. The lowest BCUT2D eigenvalue weighted by atomic mass is 10.3. The molecule has 0 spiro atoms. The van der Waals surface area contributed by atoms with Crippen molar-refractivity contribution in [2.24, 2.45) is 0 Å². The fourth-order valence-corrected chi connectivity index (χ4v) is 0.993. The predicted molar refractivity (Wildman–Crippen MR) is 46.7 cm³/mol. The Bertz CT molecular complexity index is 396. The molecule has 1 aromatic rings. The molecule has 1 rings (SSSR count). The summed E-state index contributed by atoms with van der Waals surface area (Å²) in [6, 6.07) is 4.85. The first kappa shape index (κ1) is 8.87. The van der Waals surface area contributed by atoms with Crippen LogP contribution in [-0.4, -0.2) is 4.98 Å². The highest BCUT2D eigenvalue weighted by Crippen LogP contribution is 2.14. The van der Waals surface area contributed by atoms with Crippen molar-refractivity contribution < 1.29 is 0 Å². The van der Waals surface area contributed by atoms with E-state index in [2.05, 4.69) is 16.8 Å². The summed E-state index contributed by atoms with van der Waals surface area (Å²) in [7, 11) is 0. The summed E-state index contributed by atoms with van der Waals surface area (Å²) in [6.45, 7) is 0. The molecular weight excluding hydrogens is 195 g/mol. The Labute approximate surface area is 79.7 Å². The minimum Gasteiger partial charge on any atom is -0.223 e. The van der Waals surface area contributed by atoms with Gasteiger partial charge in [0, 0.05) is 5.92 Å². The zero-order chi connectivity index (χ0) is 8.97. The molecule has 12 heavy (non-hydrogen) atoms. The van der Waals surface area contributed by atoms with Gasteiger partial charge in [-0.1, -0.05) is 23.2 Å². The van der Waals surface area contributed by atoms with Crippen molar-refractivity contribution in [3.05, 3.63) is 28.0 Å². The van der Waals surface area contributed by atoms with E-state index in [1.807, 2.05) is 0 Å². The number of aromatic nitrogens is 1. The van der Waals surface area contributed by atoms with Crippen LogP contribution in [0.1, 0.15) is 5.56 Å². The number of nitriles is 1. The van der Waals surface area contributed by atoms with Crippen LogP contribution in [0, 0.1) is 23.2 Å². The molecule has 58 valence electrons. The van der Waals surface area contributed by atoms with E-state index in [0.717, 1.165) is 0 Å². The zero-order valence-corrected chi connectivity index (χ0v) is 7.32. The summed E-state index contributed by atoms with van der Waals surface area (Å²) in [5.41, 5.74) is 0.502. The Hall–Kier alpha value is -1.22. The number of rotatable bonds is 0. The highest BCUT2D eigenvalue weighted by Gasteiger charge is 1.98. The SMILES string of the molecule is N#CC#Cc1ccc(Cl)nc1Cl. The Morgan fingerprint density at radius 2 is 2.08 bits per heavy atom.